The minimum atomic E-state index is 0.150. The smallest absolute Gasteiger partial charge is 0.318 e. The van der Waals surface area contributed by atoms with Gasteiger partial charge in [0.1, 0.15) is 0 Å². The second-order valence-electron chi connectivity index (χ2n) is 6.69. The predicted octanol–water partition coefficient (Wildman–Crippen LogP) is 4.42. The van der Waals surface area contributed by atoms with Crippen molar-refractivity contribution < 1.29 is 4.79 Å². The quantitative estimate of drug-likeness (QED) is 0.862. The van der Waals surface area contributed by atoms with Crippen LogP contribution < -0.4 is 5.32 Å². The maximum absolute atomic E-state index is 12.7. The number of thiophene rings is 1. The van der Waals surface area contributed by atoms with Crippen molar-refractivity contribution in [3.63, 3.8) is 0 Å². The molecule has 1 saturated heterocycles. The summed E-state index contributed by atoms with van der Waals surface area (Å²) in [7, 11) is 0. The molecule has 1 aromatic rings. The molecule has 2 amide bonds. The number of carbonyl (C=O) groups excluding carboxylic acids is 1. The van der Waals surface area contributed by atoms with E-state index in [1.807, 2.05) is 0 Å². The van der Waals surface area contributed by atoms with Crippen LogP contribution in [-0.4, -0.2) is 23.5 Å². The van der Waals surface area contributed by atoms with Gasteiger partial charge in [-0.2, -0.15) is 0 Å². The fourth-order valence-corrected chi connectivity index (χ4v) is 4.69. The highest BCUT2D eigenvalue weighted by molar-refractivity contribution is 7.10. The summed E-state index contributed by atoms with van der Waals surface area (Å²) >= 11 is 1.77. The van der Waals surface area contributed by atoms with Crippen molar-refractivity contribution in [1.29, 1.82) is 0 Å². The molecule has 116 valence electrons. The van der Waals surface area contributed by atoms with E-state index in [1.165, 1.54) is 17.7 Å². The summed E-state index contributed by atoms with van der Waals surface area (Å²) in [5, 5.41) is 5.43. The van der Waals surface area contributed by atoms with E-state index in [0.29, 0.717) is 18.0 Å². The molecule has 0 radical (unpaired) electrons. The van der Waals surface area contributed by atoms with Crippen LogP contribution in [0.1, 0.15) is 56.9 Å². The Morgan fingerprint density at radius 2 is 2.14 bits per heavy atom. The number of rotatable bonds is 2. The monoisotopic (exact) mass is 306 g/mol. The third-order valence-corrected chi connectivity index (χ3v) is 6.37. The second kappa shape index (κ2) is 6.39. The first-order chi connectivity index (χ1) is 10.2. The normalized spacial score (nSPS) is 33.1. The molecule has 1 aromatic heterocycles. The van der Waals surface area contributed by atoms with Gasteiger partial charge < -0.3 is 10.2 Å². The van der Waals surface area contributed by atoms with Gasteiger partial charge in [-0.15, -0.1) is 11.3 Å². The standard InChI is InChI=1S/C17H26N2OS/c1-12-6-3-7-14(13(12)2)18-17(20)19-10-4-8-15(19)16-9-5-11-21-16/h5,9,11-15H,3-4,6-8,10H2,1-2H3,(H,18,20). The minimum absolute atomic E-state index is 0.150. The lowest BCUT2D eigenvalue weighted by atomic mass is 9.78. The topological polar surface area (TPSA) is 32.3 Å². The molecule has 3 nitrogen and oxygen atoms in total. The van der Waals surface area contributed by atoms with Gasteiger partial charge in [0.25, 0.3) is 0 Å². The number of nitrogens with one attached hydrogen (secondary N) is 1. The van der Waals surface area contributed by atoms with Crippen LogP contribution >= 0.6 is 11.3 Å². The Bertz CT molecular complexity index is 473. The summed E-state index contributed by atoms with van der Waals surface area (Å²) in [6.45, 7) is 5.49. The van der Waals surface area contributed by atoms with Crippen molar-refractivity contribution in [3.8, 4) is 0 Å². The summed E-state index contributed by atoms with van der Waals surface area (Å²) in [6.07, 6.45) is 5.89. The predicted molar refractivity (Wildman–Crippen MR) is 87.5 cm³/mol. The SMILES string of the molecule is CC1CCCC(NC(=O)N2CCCC2c2cccs2)C1C. The number of amides is 2. The van der Waals surface area contributed by atoms with Crippen LogP contribution in [0.25, 0.3) is 0 Å². The first-order valence-electron chi connectivity index (χ1n) is 8.27. The van der Waals surface area contributed by atoms with Crippen LogP contribution in [0.4, 0.5) is 4.79 Å². The lowest BCUT2D eigenvalue weighted by molar-refractivity contribution is 0.165. The summed E-state index contributed by atoms with van der Waals surface area (Å²) in [5.74, 6) is 1.31. The zero-order valence-electron chi connectivity index (χ0n) is 13.0. The molecule has 4 unspecified atom stereocenters. The second-order valence-corrected chi connectivity index (χ2v) is 7.67. The third-order valence-electron chi connectivity index (χ3n) is 5.40. The van der Waals surface area contributed by atoms with Crippen LogP contribution in [-0.2, 0) is 0 Å². The van der Waals surface area contributed by atoms with Gasteiger partial charge in [-0.05, 0) is 42.5 Å². The number of hydrogen-bond donors (Lipinski definition) is 1. The molecule has 3 rings (SSSR count). The molecule has 1 N–H and O–H groups in total. The van der Waals surface area contributed by atoms with E-state index in [2.05, 4.69) is 41.6 Å². The van der Waals surface area contributed by atoms with Gasteiger partial charge >= 0.3 is 6.03 Å². The molecular weight excluding hydrogens is 280 g/mol. The van der Waals surface area contributed by atoms with E-state index in [4.69, 9.17) is 0 Å². The van der Waals surface area contributed by atoms with Gasteiger partial charge in [-0.25, -0.2) is 4.79 Å². The molecule has 2 heterocycles. The van der Waals surface area contributed by atoms with Gasteiger partial charge in [0, 0.05) is 17.5 Å². The van der Waals surface area contributed by atoms with Crippen LogP contribution in [0.2, 0.25) is 0 Å². The van der Waals surface area contributed by atoms with Crippen LogP contribution in [0.15, 0.2) is 17.5 Å². The average molecular weight is 306 g/mol. The molecule has 21 heavy (non-hydrogen) atoms. The summed E-state index contributed by atoms with van der Waals surface area (Å²) in [4.78, 5) is 16.1. The molecule has 1 aliphatic carbocycles. The van der Waals surface area contributed by atoms with E-state index >= 15 is 0 Å². The van der Waals surface area contributed by atoms with Crippen molar-refractivity contribution in [3.05, 3.63) is 22.4 Å². The number of hydrogen-bond acceptors (Lipinski definition) is 2. The first-order valence-corrected chi connectivity index (χ1v) is 9.15. The Balaban J connectivity index is 1.64. The van der Waals surface area contributed by atoms with Gasteiger partial charge in [-0.3, -0.25) is 0 Å². The highest BCUT2D eigenvalue weighted by Crippen LogP contribution is 2.35. The fraction of sp³-hybridized carbons (Fsp3) is 0.706. The van der Waals surface area contributed by atoms with Gasteiger partial charge in [0.05, 0.1) is 6.04 Å². The maximum Gasteiger partial charge on any atom is 0.318 e. The van der Waals surface area contributed by atoms with Gasteiger partial charge in [0.15, 0.2) is 0 Å². The number of likely N-dealkylation sites (tertiary alicyclic amines) is 1. The molecule has 0 aromatic carbocycles. The Labute approximate surface area is 131 Å². The van der Waals surface area contributed by atoms with E-state index in [0.717, 1.165) is 31.7 Å². The van der Waals surface area contributed by atoms with E-state index in [9.17, 15) is 4.79 Å². The van der Waals surface area contributed by atoms with E-state index in [-0.39, 0.29) is 6.03 Å². The Morgan fingerprint density at radius 3 is 2.90 bits per heavy atom. The largest absolute Gasteiger partial charge is 0.335 e. The Kier molecular flexibility index (Phi) is 4.53. The highest BCUT2D eigenvalue weighted by atomic mass is 32.1. The zero-order chi connectivity index (χ0) is 14.8. The summed E-state index contributed by atoms with van der Waals surface area (Å²) in [6, 6.07) is 5.04. The van der Waals surface area contributed by atoms with Gasteiger partial charge in [0.2, 0.25) is 0 Å². The average Bonchev–Trinajstić information content (AvgIpc) is 3.13. The Hall–Kier alpha value is -1.03. The van der Waals surface area contributed by atoms with Gasteiger partial charge in [-0.1, -0.05) is 32.8 Å². The van der Waals surface area contributed by atoms with Crippen molar-refractivity contribution in [2.75, 3.05) is 6.54 Å². The molecule has 2 aliphatic rings. The lowest BCUT2D eigenvalue weighted by Gasteiger charge is -2.36. The molecular formula is C17H26N2OS. The highest BCUT2D eigenvalue weighted by Gasteiger charge is 2.34. The van der Waals surface area contributed by atoms with Crippen LogP contribution in [0.3, 0.4) is 0 Å². The number of urea groups is 1. The summed E-state index contributed by atoms with van der Waals surface area (Å²) in [5.41, 5.74) is 0. The molecule has 0 spiro atoms. The lowest BCUT2D eigenvalue weighted by Crippen LogP contribution is -2.49. The van der Waals surface area contributed by atoms with Crippen LogP contribution in [0.5, 0.6) is 0 Å². The summed E-state index contributed by atoms with van der Waals surface area (Å²) < 4.78 is 0. The third kappa shape index (κ3) is 3.10. The molecule has 2 fully saturated rings. The molecule has 1 aliphatic heterocycles. The zero-order valence-corrected chi connectivity index (χ0v) is 13.9. The fourth-order valence-electron chi connectivity index (χ4n) is 3.81. The number of carbonyl (C=O) groups is 1. The Morgan fingerprint density at radius 1 is 1.29 bits per heavy atom. The van der Waals surface area contributed by atoms with E-state index in [1.54, 1.807) is 11.3 Å². The van der Waals surface area contributed by atoms with Crippen molar-refractivity contribution in [2.24, 2.45) is 11.8 Å². The molecule has 4 heteroatoms. The van der Waals surface area contributed by atoms with Crippen molar-refractivity contribution in [2.45, 2.75) is 58.0 Å². The van der Waals surface area contributed by atoms with Crippen molar-refractivity contribution in [1.82, 2.24) is 10.2 Å². The van der Waals surface area contributed by atoms with Crippen LogP contribution in [0, 0.1) is 11.8 Å². The first kappa shape index (κ1) is 14.9. The molecule has 0 bridgehead atoms. The number of nitrogens with zero attached hydrogens (tertiary/aromatic N) is 1. The molecule has 1 saturated carbocycles. The minimum Gasteiger partial charge on any atom is -0.335 e. The maximum atomic E-state index is 12.7. The molecule has 4 atom stereocenters. The van der Waals surface area contributed by atoms with E-state index < -0.39 is 0 Å². The van der Waals surface area contributed by atoms with Crippen molar-refractivity contribution >= 4 is 17.4 Å².